The van der Waals surface area contributed by atoms with Crippen molar-refractivity contribution >= 4 is 65.7 Å². The molecule has 0 aromatic heterocycles. The van der Waals surface area contributed by atoms with Crippen molar-refractivity contribution in [1.82, 2.24) is 15.5 Å². The highest BCUT2D eigenvalue weighted by atomic mass is 19.1. The van der Waals surface area contributed by atoms with Gasteiger partial charge in [-0.15, -0.1) is 0 Å². The van der Waals surface area contributed by atoms with Crippen LogP contribution in [-0.4, -0.2) is 112 Å². The van der Waals surface area contributed by atoms with Crippen LogP contribution in [0.1, 0.15) is 62.8 Å². The lowest BCUT2D eigenvalue weighted by Gasteiger charge is -2.48. The zero-order chi connectivity index (χ0) is 36.0. The minimum atomic E-state index is -2.65. The van der Waals surface area contributed by atoms with E-state index in [2.05, 4.69) is 10.6 Å². The number of benzene rings is 2. The summed E-state index contributed by atoms with van der Waals surface area (Å²) in [5.41, 5.74) is -4.01. The van der Waals surface area contributed by atoms with Gasteiger partial charge in [0.25, 0.3) is 5.91 Å². The maximum Gasteiger partial charge on any atom is 0.273 e. The predicted octanol–water partition coefficient (Wildman–Crippen LogP) is 0.306. The average molecular weight is 633 g/mol. The Balaban J connectivity index is 2.54. The molecule has 0 spiro atoms. The molecule has 47 heavy (non-hydrogen) atoms. The van der Waals surface area contributed by atoms with Crippen molar-refractivity contribution in [3.8, 4) is 5.75 Å². The molecule has 0 aliphatic carbocycles. The molecule has 0 aliphatic rings. The molecule has 3 N–H and O–H groups in total. The second kappa shape index (κ2) is 15.5. The first-order chi connectivity index (χ1) is 21.6. The maximum atomic E-state index is 16.1. The molecule has 16 heteroatoms. The summed E-state index contributed by atoms with van der Waals surface area (Å²) < 4.78 is 28.4. The summed E-state index contributed by atoms with van der Waals surface area (Å²) in [7, 11) is 38.2. The number of aldehydes is 1. The fourth-order valence-corrected chi connectivity index (χ4v) is 5.54. The van der Waals surface area contributed by atoms with Crippen LogP contribution in [0.15, 0.2) is 36.4 Å². The predicted molar refractivity (Wildman–Crippen MR) is 183 cm³/mol. The smallest absolute Gasteiger partial charge is 0.273 e. The van der Waals surface area contributed by atoms with Crippen molar-refractivity contribution in [3.63, 3.8) is 0 Å². The zero-order valence-corrected chi connectivity index (χ0v) is 27.8. The molecule has 0 aliphatic heterocycles. The van der Waals surface area contributed by atoms with Crippen LogP contribution >= 0.6 is 0 Å². The number of carbonyl (C=O) groups excluding carboxylic acids is 3. The highest BCUT2D eigenvalue weighted by molar-refractivity contribution is 6.41. The van der Waals surface area contributed by atoms with Crippen molar-refractivity contribution in [2.45, 2.75) is 87.4 Å². The molecule has 2 aromatic rings. The van der Waals surface area contributed by atoms with Gasteiger partial charge in [0.1, 0.15) is 33.5 Å². The van der Waals surface area contributed by atoms with Crippen molar-refractivity contribution in [2.75, 3.05) is 13.6 Å². The van der Waals surface area contributed by atoms with Gasteiger partial charge in [-0.25, -0.2) is 4.39 Å². The van der Waals surface area contributed by atoms with Gasteiger partial charge in [0.05, 0.1) is 48.0 Å². The lowest BCUT2D eigenvalue weighted by atomic mass is 9.55. The maximum absolute atomic E-state index is 16.1. The lowest BCUT2D eigenvalue weighted by molar-refractivity contribution is -0.174. The van der Waals surface area contributed by atoms with E-state index >= 15 is 4.39 Å². The number of nitrogens with zero attached hydrogens (tertiary/aromatic N) is 1. The first-order valence-corrected chi connectivity index (χ1v) is 14.9. The molecular formula is C31H38B6FN3O6. The fraction of sp³-hybridized carbons (Fsp3) is 0.516. The molecular weight excluding hydrogens is 594 g/mol. The molecule has 238 valence electrons. The van der Waals surface area contributed by atoms with E-state index in [1.165, 1.54) is 19.2 Å². The van der Waals surface area contributed by atoms with E-state index in [0.717, 1.165) is 0 Å². The van der Waals surface area contributed by atoms with E-state index in [1.54, 1.807) is 45.0 Å². The highest BCUT2D eigenvalue weighted by Gasteiger charge is 2.48. The minimum absolute atomic E-state index is 0.0725. The molecule has 0 saturated carbocycles. The number of amides is 2. The van der Waals surface area contributed by atoms with Gasteiger partial charge in [-0.05, 0) is 57.1 Å². The Labute approximate surface area is 285 Å². The van der Waals surface area contributed by atoms with E-state index in [-0.39, 0.29) is 41.7 Å². The van der Waals surface area contributed by atoms with Crippen molar-refractivity contribution in [1.29, 1.82) is 0 Å². The number of carbonyl (C=O) groups is 3. The van der Waals surface area contributed by atoms with Crippen molar-refractivity contribution in [3.05, 3.63) is 64.5 Å². The van der Waals surface area contributed by atoms with Crippen LogP contribution in [0.5, 0.6) is 5.75 Å². The van der Waals surface area contributed by atoms with Gasteiger partial charge >= 0.3 is 0 Å². The van der Waals surface area contributed by atoms with Crippen LogP contribution in [-0.2, 0) is 36.3 Å². The summed E-state index contributed by atoms with van der Waals surface area (Å²) in [6.07, 6.45) is -0.209. The van der Waals surface area contributed by atoms with Crippen LogP contribution in [0.4, 0.5) is 4.39 Å². The number of likely N-dealkylation sites (N-methyl/N-ethyl adjacent to an activating group) is 1. The summed E-state index contributed by atoms with van der Waals surface area (Å²) in [6.45, 7) is 9.18. The Morgan fingerprint density at radius 1 is 1.04 bits per heavy atom. The molecule has 0 bridgehead atoms. The number of halogens is 1. The molecule has 0 heterocycles. The standard InChI is InChI=1S/C31H38B6FN3O6/c1-19-10-7-13-22(23(19)30(34,35)41(18-43)29(45,14-9-15-42)25(44)39-6)46-31(36,37)21-12-8-11-20(24(21)38)16-27(2,3)47-28(4,5)17-40-26(32)33/h7-8,10-13,15,18,26,40,45H,9,14,16-17H2,1-6H3,(H,39,44). The molecule has 1 unspecified atom stereocenters. The second-order valence-electron chi connectivity index (χ2n) is 12.7. The van der Waals surface area contributed by atoms with Gasteiger partial charge in [-0.1, -0.05) is 36.2 Å². The third kappa shape index (κ3) is 9.80. The monoisotopic (exact) mass is 633 g/mol. The van der Waals surface area contributed by atoms with Crippen molar-refractivity contribution < 1.29 is 33.4 Å². The van der Waals surface area contributed by atoms with Gasteiger partial charge < -0.3 is 34.9 Å². The first kappa shape index (κ1) is 40.2. The first-order valence-electron chi connectivity index (χ1n) is 14.9. The Morgan fingerprint density at radius 3 is 2.21 bits per heavy atom. The van der Waals surface area contributed by atoms with Gasteiger partial charge in [0, 0.05) is 44.0 Å². The van der Waals surface area contributed by atoms with E-state index in [4.69, 9.17) is 56.6 Å². The summed E-state index contributed by atoms with van der Waals surface area (Å²) >= 11 is 0. The van der Waals surface area contributed by atoms with E-state index in [9.17, 15) is 19.5 Å². The zero-order valence-electron chi connectivity index (χ0n) is 27.8. The molecule has 2 rings (SSSR count). The Morgan fingerprint density at radius 2 is 1.66 bits per heavy atom. The number of rotatable bonds is 18. The molecule has 0 saturated heterocycles. The molecule has 9 nitrogen and oxygen atoms in total. The largest absolute Gasteiger partial charge is 0.502 e. The summed E-state index contributed by atoms with van der Waals surface area (Å²) in [5, 5.41) is 11.7. The van der Waals surface area contributed by atoms with E-state index in [0.29, 0.717) is 23.3 Å². The quantitative estimate of drug-likeness (QED) is 0.123. The number of aliphatic hydroxyl groups is 1. The second-order valence-corrected chi connectivity index (χ2v) is 12.7. The molecule has 0 fully saturated rings. The molecule has 1 atom stereocenters. The van der Waals surface area contributed by atoms with Crippen LogP contribution in [0, 0.1) is 12.7 Å². The molecule has 12 radical (unpaired) electrons. The third-order valence-electron chi connectivity index (χ3n) is 7.45. The normalized spacial score (nSPS) is 13.9. The number of nitrogens with one attached hydrogen (secondary N) is 2. The Bertz CT molecular complexity index is 1430. The number of hydrogen-bond donors (Lipinski definition) is 3. The number of aryl methyl sites for hydroxylation is 1. The number of ether oxygens (including phenoxy) is 2. The van der Waals surface area contributed by atoms with Crippen LogP contribution < -0.4 is 15.4 Å². The Kier molecular flexibility index (Phi) is 13.3. The third-order valence-corrected chi connectivity index (χ3v) is 7.45. The summed E-state index contributed by atoms with van der Waals surface area (Å²) in [5.74, 6) is -2.72. The van der Waals surface area contributed by atoms with E-state index < -0.39 is 51.7 Å². The highest BCUT2D eigenvalue weighted by Crippen LogP contribution is 2.39. The van der Waals surface area contributed by atoms with E-state index in [1.807, 2.05) is 13.8 Å². The number of hydrogen-bond acceptors (Lipinski definition) is 7. The van der Waals surface area contributed by atoms with Gasteiger partial charge in [0.15, 0.2) is 0 Å². The summed E-state index contributed by atoms with van der Waals surface area (Å²) in [4.78, 5) is 36.8. The summed E-state index contributed by atoms with van der Waals surface area (Å²) in [6, 6.07) is 8.95. The van der Waals surface area contributed by atoms with Gasteiger partial charge in [-0.3, -0.25) is 9.59 Å². The topological polar surface area (TPSA) is 117 Å². The molecule has 2 amide bonds. The van der Waals surface area contributed by atoms with Gasteiger partial charge in [-0.2, -0.15) is 0 Å². The van der Waals surface area contributed by atoms with Crippen LogP contribution in [0.2, 0.25) is 0 Å². The van der Waals surface area contributed by atoms with Crippen molar-refractivity contribution in [2.24, 2.45) is 0 Å². The van der Waals surface area contributed by atoms with Crippen LogP contribution in [0.3, 0.4) is 0 Å². The molecule has 2 aromatic carbocycles. The SMILES string of the molecule is [B]C([B])NCC(C)(C)OC(C)(C)Cc1cccc(C([B])([B])Oc2cccc(C)c2C([B])([B])N(C=O)C(O)(CCC=O)C(=O)NC)c1F. The van der Waals surface area contributed by atoms with Gasteiger partial charge in [0.2, 0.25) is 12.1 Å². The fourth-order valence-electron chi connectivity index (χ4n) is 5.54. The average Bonchev–Trinajstić information content (AvgIpc) is 2.94. The lowest BCUT2D eigenvalue weighted by Crippen LogP contribution is -2.65. The van der Waals surface area contributed by atoms with Crippen LogP contribution in [0.25, 0.3) is 0 Å². The Hall–Kier alpha value is -2.95. The minimum Gasteiger partial charge on any atom is -0.502 e.